The Balaban J connectivity index is 2.31. The first-order valence-electron chi connectivity index (χ1n) is 5.68. The van der Waals surface area contributed by atoms with Crippen molar-refractivity contribution >= 4 is 17.9 Å². The Bertz CT molecular complexity index is 326. The van der Waals surface area contributed by atoms with Gasteiger partial charge in [-0.1, -0.05) is 0 Å². The molecule has 18 heavy (non-hydrogen) atoms. The minimum atomic E-state index is -0.399. The molecule has 1 saturated heterocycles. The van der Waals surface area contributed by atoms with Crippen LogP contribution in [0.3, 0.4) is 0 Å². The quantitative estimate of drug-likeness (QED) is 0.282. The minimum absolute atomic E-state index is 0.0822. The van der Waals surface area contributed by atoms with Crippen LogP contribution in [0.15, 0.2) is 0 Å². The fraction of sp³-hybridized carbons (Fsp3) is 0.700. The number of amides is 3. The van der Waals surface area contributed by atoms with Crippen molar-refractivity contribution in [2.24, 2.45) is 5.84 Å². The van der Waals surface area contributed by atoms with Crippen molar-refractivity contribution in [3.63, 3.8) is 0 Å². The molecule has 0 unspecified atom stereocenters. The lowest BCUT2D eigenvalue weighted by atomic mass is 10.2. The van der Waals surface area contributed by atoms with Crippen molar-refractivity contribution in [1.29, 1.82) is 0 Å². The van der Waals surface area contributed by atoms with E-state index in [4.69, 9.17) is 5.84 Å². The molecule has 3 amide bonds. The maximum Gasteiger partial charge on any atom is 0.331 e. The van der Waals surface area contributed by atoms with Gasteiger partial charge in [-0.3, -0.25) is 15.0 Å². The summed E-state index contributed by atoms with van der Waals surface area (Å²) in [6.07, 6.45) is 0.217. The zero-order valence-electron chi connectivity index (χ0n) is 10.3. The number of nitrogens with one attached hydrogen (secondary N) is 1. The number of urea groups is 1. The van der Waals surface area contributed by atoms with Gasteiger partial charge in [0.15, 0.2) is 0 Å². The van der Waals surface area contributed by atoms with E-state index in [-0.39, 0.29) is 24.8 Å². The molecule has 0 saturated carbocycles. The van der Waals surface area contributed by atoms with Crippen LogP contribution in [0.5, 0.6) is 0 Å². The van der Waals surface area contributed by atoms with Crippen molar-refractivity contribution in [3.8, 4) is 0 Å². The van der Waals surface area contributed by atoms with Crippen LogP contribution in [0.25, 0.3) is 0 Å². The summed E-state index contributed by atoms with van der Waals surface area (Å²) >= 11 is 0. The normalized spacial score (nSPS) is 15.2. The Kier molecular flexibility index (Phi) is 5.37. The molecular formula is C10H18N4O4. The number of hydrogen-bond donors (Lipinski definition) is 2. The van der Waals surface area contributed by atoms with Gasteiger partial charge in [-0.15, -0.1) is 0 Å². The lowest BCUT2D eigenvalue weighted by molar-refractivity contribution is -0.143. The maximum atomic E-state index is 11.7. The van der Waals surface area contributed by atoms with Gasteiger partial charge in [0.05, 0.1) is 13.5 Å². The van der Waals surface area contributed by atoms with E-state index in [0.29, 0.717) is 26.2 Å². The highest BCUT2D eigenvalue weighted by atomic mass is 16.5. The van der Waals surface area contributed by atoms with Crippen molar-refractivity contribution in [2.75, 3.05) is 33.3 Å². The number of carbonyl (C=O) groups is 3. The molecule has 0 aromatic carbocycles. The van der Waals surface area contributed by atoms with Crippen molar-refractivity contribution < 1.29 is 19.1 Å². The van der Waals surface area contributed by atoms with Crippen LogP contribution in [0.2, 0.25) is 0 Å². The fourth-order valence-corrected chi connectivity index (χ4v) is 1.72. The van der Waals surface area contributed by atoms with Gasteiger partial charge in [0.2, 0.25) is 5.91 Å². The average molecular weight is 258 g/mol. The largest absolute Gasteiger partial charge is 0.469 e. The molecule has 8 heteroatoms. The summed E-state index contributed by atoms with van der Waals surface area (Å²) < 4.78 is 4.47. The van der Waals surface area contributed by atoms with Crippen LogP contribution in [-0.2, 0) is 14.3 Å². The molecule has 102 valence electrons. The molecule has 3 N–H and O–H groups in total. The molecule has 1 aliphatic rings. The molecule has 1 fully saturated rings. The van der Waals surface area contributed by atoms with Gasteiger partial charge in [-0.05, 0) is 0 Å². The van der Waals surface area contributed by atoms with Crippen LogP contribution < -0.4 is 11.3 Å². The van der Waals surface area contributed by atoms with Crippen LogP contribution in [0.1, 0.15) is 12.8 Å². The highest BCUT2D eigenvalue weighted by Gasteiger charge is 2.23. The van der Waals surface area contributed by atoms with Gasteiger partial charge in [-0.25, -0.2) is 10.6 Å². The number of carbonyl (C=O) groups excluding carboxylic acids is 3. The van der Waals surface area contributed by atoms with E-state index in [9.17, 15) is 14.4 Å². The highest BCUT2D eigenvalue weighted by molar-refractivity contribution is 5.81. The van der Waals surface area contributed by atoms with E-state index < -0.39 is 5.97 Å². The minimum Gasteiger partial charge on any atom is -0.469 e. The first-order valence-corrected chi connectivity index (χ1v) is 5.68. The van der Waals surface area contributed by atoms with E-state index in [0.717, 1.165) is 0 Å². The Morgan fingerprint density at radius 1 is 1.11 bits per heavy atom. The van der Waals surface area contributed by atoms with E-state index >= 15 is 0 Å². The summed E-state index contributed by atoms with van der Waals surface area (Å²) in [6.45, 7) is 1.78. The van der Waals surface area contributed by atoms with Crippen molar-refractivity contribution in [3.05, 3.63) is 0 Å². The number of piperazine rings is 1. The molecule has 0 aliphatic carbocycles. The SMILES string of the molecule is COC(=O)CCC(=O)N1CCN(C(=O)NN)CC1. The third-order valence-electron chi connectivity index (χ3n) is 2.81. The summed E-state index contributed by atoms with van der Waals surface area (Å²) in [5.74, 6) is 4.52. The lowest BCUT2D eigenvalue weighted by Gasteiger charge is -2.34. The summed E-state index contributed by atoms with van der Waals surface area (Å²) in [5, 5.41) is 0. The van der Waals surface area contributed by atoms with Crippen molar-refractivity contribution in [2.45, 2.75) is 12.8 Å². The molecular weight excluding hydrogens is 240 g/mol. The second-order valence-corrected chi connectivity index (χ2v) is 3.89. The first-order chi connectivity index (χ1) is 8.58. The second-order valence-electron chi connectivity index (χ2n) is 3.89. The first kappa shape index (κ1) is 14.2. The maximum absolute atomic E-state index is 11.7. The average Bonchev–Trinajstić information content (AvgIpc) is 2.43. The number of ether oxygens (including phenoxy) is 1. The predicted octanol–water partition coefficient (Wildman–Crippen LogP) is -1.33. The Morgan fingerprint density at radius 2 is 1.67 bits per heavy atom. The van der Waals surface area contributed by atoms with Crippen molar-refractivity contribution in [1.82, 2.24) is 15.2 Å². The van der Waals surface area contributed by atoms with E-state index in [1.807, 2.05) is 5.43 Å². The Labute approximate surface area is 105 Å². The van der Waals surface area contributed by atoms with Gasteiger partial charge in [0.1, 0.15) is 0 Å². The zero-order valence-corrected chi connectivity index (χ0v) is 10.3. The number of nitrogens with zero attached hydrogens (tertiary/aromatic N) is 2. The van der Waals surface area contributed by atoms with Crippen LogP contribution in [-0.4, -0.2) is 61.0 Å². The van der Waals surface area contributed by atoms with E-state index in [2.05, 4.69) is 4.74 Å². The molecule has 1 aliphatic heterocycles. The third-order valence-corrected chi connectivity index (χ3v) is 2.81. The molecule has 0 spiro atoms. The second kappa shape index (κ2) is 6.80. The molecule has 1 heterocycles. The Morgan fingerprint density at radius 3 is 2.17 bits per heavy atom. The monoisotopic (exact) mass is 258 g/mol. The van der Waals surface area contributed by atoms with Crippen LogP contribution in [0.4, 0.5) is 4.79 Å². The van der Waals surface area contributed by atoms with Crippen LogP contribution in [0, 0.1) is 0 Å². The lowest BCUT2D eigenvalue weighted by Crippen LogP contribution is -2.54. The van der Waals surface area contributed by atoms with Gasteiger partial charge in [0, 0.05) is 32.6 Å². The standard InChI is InChI=1S/C10H18N4O4/c1-18-9(16)3-2-8(15)13-4-6-14(7-5-13)10(17)12-11/h2-7,11H2,1H3,(H,12,17). The van der Waals surface area contributed by atoms with Gasteiger partial charge in [0.25, 0.3) is 0 Å². The molecule has 0 aromatic rings. The molecule has 0 bridgehead atoms. The molecule has 8 nitrogen and oxygen atoms in total. The number of hydrogen-bond acceptors (Lipinski definition) is 5. The molecule has 1 rings (SSSR count). The summed E-state index contributed by atoms with van der Waals surface area (Å²) in [4.78, 5) is 37.0. The fourth-order valence-electron chi connectivity index (χ4n) is 1.72. The van der Waals surface area contributed by atoms with E-state index in [1.165, 1.54) is 12.0 Å². The van der Waals surface area contributed by atoms with Gasteiger partial charge in [-0.2, -0.15) is 0 Å². The number of methoxy groups -OCH3 is 1. The molecule has 0 atom stereocenters. The highest BCUT2D eigenvalue weighted by Crippen LogP contribution is 2.05. The van der Waals surface area contributed by atoms with Gasteiger partial charge < -0.3 is 14.5 Å². The third kappa shape index (κ3) is 3.88. The van der Waals surface area contributed by atoms with E-state index in [1.54, 1.807) is 4.90 Å². The number of nitrogens with two attached hydrogens (primary N) is 1. The summed E-state index contributed by atoms with van der Waals surface area (Å²) in [7, 11) is 1.29. The van der Waals surface area contributed by atoms with Gasteiger partial charge >= 0.3 is 12.0 Å². The Hall–Kier alpha value is -1.83. The zero-order chi connectivity index (χ0) is 13.5. The number of rotatable bonds is 3. The number of esters is 1. The molecule has 0 aromatic heterocycles. The summed E-state index contributed by atoms with van der Waals surface area (Å²) in [5.41, 5.74) is 2.05. The number of hydrazine groups is 1. The topological polar surface area (TPSA) is 105 Å². The summed E-state index contributed by atoms with van der Waals surface area (Å²) in [6, 6.07) is -0.350. The predicted molar refractivity (Wildman–Crippen MR) is 62.1 cm³/mol. The van der Waals surface area contributed by atoms with Crippen LogP contribution >= 0.6 is 0 Å². The molecule has 0 radical (unpaired) electrons. The smallest absolute Gasteiger partial charge is 0.331 e.